The summed E-state index contributed by atoms with van der Waals surface area (Å²) in [5.74, 6) is -1.51. The van der Waals surface area contributed by atoms with E-state index in [0.29, 0.717) is 5.82 Å². The molecule has 0 unspecified atom stereocenters. The number of hydrogen-bond acceptors (Lipinski definition) is 5. The summed E-state index contributed by atoms with van der Waals surface area (Å²) in [5.41, 5.74) is 1.84. The van der Waals surface area contributed by atoms with Crippen molar-refractivity contribution < 1.29 is 18.7 Å². The first kappa shape index (κ1) is 19.5. The number of carbonyl (C=O) groups excluding carboxylic acids is 2. The Morgan fingerprint density at radius 3 is 2.64 bits per heavy atom. The Hall–Kier alpha value is -3.26. The molecule has 144 valence electrons. The van der Waals surface area contributed by atoms with E-state index in [1.807, 2.05) is 19.9 Å². The van der Waals surface area contributed by atoms with Crippen LogP contribution >= 0.6 is 11.6 Å². The Bertz CT molecular complexity index is 1030. The van der Waals surface area contributed by atoms with Gasteiger partial charge in [0.15, 0.2) is 12.4 Å². The van der Waals surface area contributed by atoms with Crippen molar-refractivity contribution in [1.29, 1.82) is 0 Å². The number of aromatic nitrogens is 3. The number of benzene rings is 1. The van der Waals surface area contributed by atoms with Gasteiger partial charge in [0.25, 0.3) is 5.91 Å². The molecule has 0 saturated heterocycles. The van der Waals surface area contributed by atoms with Crippen molar-refractivity contribution in [3.05, 3.63) is 70.4 Å². The van der Waals surface area contributed by atoms with E-state index < -0.39 is 24.3 Å². The number of esters is 1. The Labute approximate surface area is 165 Å². The number of pyridine rings is 1. The molecule has 0 spiro atoms. The van der Waals surface area contributed by atoms with Crippen molar-refractivity contribution >= 4 is 29.2 Å². The van der Waals surface area contributed by atoms with Crippen LogP contribution in [-0.4, -0.2) is 33.2 Å². The van der Waals surface area contributed by atoms with Crippen LogP contribution in [0.2, 0.25) is 5.02 Å². The molecule has 2 aromatic heterocycles. The van der Waals surface area contributed by atoms with Crippen molar-refractivity contribution in [2.24, 2.45) is 0 Å². The smallest absolute Gasteiger partial charge is 0.340 e. The number of nitrogens with one attached hydrogen (secondary N) is 1. The van der Waals surface area contributed by atoms with Gasteiger partial charge in [0.1, 0.15) is 5.82 Å². The van der Waals surface area contributed by atoms with Gasteiger partial charge in [-0.1, -0.05) is 11.6 Å². The number of rotatable bonds is 5. The topological polar surface area (TPSA) is 86.1 Å². The number of anilines is 1. The molecular weight excluding hydrogens is 387 g/mol. The first-order valence-electron chi connectivity index (χ1n) is 8.25. The largest absolute Gasteiger partial charge is 0.452 e. The first-order chi connectivity index (χ1) is 13.3. The highest BCUT2D eigenvalue weighted by Gasteiger charge is 2.13. The predicted octanol–water partition coefficient (Wildman–Crippen LogP) is 3.47. The lowest BCUT2D eigenvalue weighted by Crippen LogP contribution is -2.21. The van der Waals surface area contributed by atoms with E-state index in [4.69, 9.17) is 16.3 Å². The van der Waals surface area contributed by atoms with E-state index in [1.165, 1.54) is 24.4 Å². The summed E-state index contributed by atoms with van der Waals surface area (Å²) in [6.45, 7) is 3.19. The van der Waals surface area contributed by atoms with Crippen LogP contribution in [0.15, 0.2) is 42.6 Å². The Balaban J connectivity index is 1.59. The zero-order valence-electron chi connectivity index (χ0n) is 15.1. The molecule has 0 bridgehead atoms. The minimum absolute atomic E-state index is 0.0931. The van der Waals surface area contributed by atoms with Crippen molar-refractivity contribution in [3.8, 4) is 5.82 Å². The highest BCUT2D eigenvalue weighted by molar-refractivity contribution is 6.30. The van der Waals surface area contributed by atoms with Crippen LogP contribution < -0.4 is 5.32 Å². The third-order valence-corrected chi connectivity index (χ3v) is 3.98. The van der Waals surface area contributed by atoms with E-state index >= 15 is 0 Å². The summed E-state index contributed by atoms with van der Waals surface area (Å²) in [7, 11) is 0. The summed E-state index contributed by atoms with van der Waals surface area (Å²) in [6, 6.07) is 8.80. The van der Waals surface area contributed by atoms with E-state index in [9.17, 15) is 14.0 Å². The van der Waals surface area contributed by atoms with Gasteiger partial charge in [-0.05, 0) is 50.2 Å². The summed E-state index contributed by atoms with van der Waals surface area (Å²) >= 11 is 5.76. The maximum Gasteiger partial charge on any atom is 0.340 e. The normalized spacial score (nSPS) is 10.6. The maximum atomic E-state index is 13.6. The summed E-state index contributed by atoms with van der Waals surface area (Å²) in [5, 5.41) is 6.87. The molecule has 1 N–H and O–H groups in total. The number of hydrogen-bond donors (Lipinski definition) is 1. The second kappa shape index (κ2) is 8.18. The molecule has 0 saturated carbocycles. The quantitative estimate of drug-likeness (QED) is 0.660. The minimum atomic E-state index is -0.728. The van der Waals surface area contributed by atoms with Gasteiger partial charge in [-0.15, -0.1) is 0 Å². The predicted molar refractivity (Wildman–Crippen MR) is 101 cm³/mol. The van der Waals surface area contributed by atoms with Crippen molar-refractivity contribution in [3.63, 3.8) is 0 Å². The molecule has 9 heteroatoms. The van der Waals surface area contributed by atoms with E-state index in [-0.39, 0.29) is 16.3 Å². The van der Waals surface area contributed by atoms with Crippen LogP contribution in [0, 0.1) is 19.7 Å². The Morgan fingerprint density at radius 1 is 1.21 bits per heavy atom. The lowest BCUT2D eigenvalue weighted by Gasteiger charge is -2.08. The molecule has 7 nitrogen and oxygen atoms in total. The standard InChI is InChI=1S/C19H16ClFN4O3/c1-11-7-12(2)25(24-11)17-6-3-13(9-22-17)19(27)28-10-18(26)23-16-8-14(20)4-5-15(16)21/h3-9H,10H2,1-2H3,(H,23,26). The third-order valence-electron chi connectivity index (χ3n) is 3.75. The maximum absolute atomic E-state index is 13.6. The SMILES string of the molecule is Cc1cc(C)n(-c2ccc(C(=O)OCC(=O)Nc3cc(Cl)ccc3F)cn2)n1. The third kappa shape index (κ3) is 4.52. The molecule has 2 heterocycles. The van der Waals surface area contributed by atoms with Gasteiger partial charge in [-0.3, -0.25) is 4.79 Å². The van der Waals surface area contributed by atoms with Gasteiger partial charge in [-0.2, -0.15) is 5.10 Å². The van der Waals surface area contributed by atoms with Crippen molar-refractivity contribution in [1.82, 2.24) is 14.8 Å². The summed E-state index contributed by atoms with van der Waals surface area (Å²) in [4.78, 5) is 28.1. The monoisotopic (exact) mass is 402 g/mol. The molecule has 3 aromatic rings. The average Bonchev–Trinajstić information content (AvgIpc) is 3.01. The number of nitrogens with zero attached hydrogens (tertiary/aromatic N) is 3. The van der Waals surface area contributed by atoms with Gasteiger partial charge in [0.2, 0.25) is 0 Å². The molecule has 0 radical (unpaired) electrons. The van der Waals surface area contributed by atoms with Crippen LogP contribution in [0.1, 0.15) is 21.7 Å². The molecule has 0 aliphatic rings. The number of aryl methyl sites for hydroxylation is 2. The average molecular weight is 403 g/mol. The number of halogens is 2. The summed E-state index contributed by atoms with van der Waals surface area (Å²) < 4.78 is 20.2. The van der Waals surface area contributed by atoms with Gasteiger partial charge >= 0.3 is 5.97 Å². The molecular formula is C19H16ClFN4O3. The molecule has 1 aromatic carbocycles. The second-order valence-corrected chi connectivity index (χ2v) is 6.43. The Kier molecular flexibility index (Phi) is 5.70. The summed E-state index contributed by atoms with van der Waals surface area (Å²) in [6.07, 6.45) is 1.34. The van der Waals surface area contributed by atoms with Crippen molar-refractivity contribution in [2.45, 2.75) is 13.8 Å². The second-order valence-electron chi connectivity index (χ2n) is 5.99. The van der Waals surface area contributed by atoms with Crippen LogP contribution in [-0.2, 0) is 9.53 Å². The fourth-order valence-electron chi connectivity index (χ4n) is 2.49. The molecule has 0 atom stereocenters. The van der Waals surface area contributed by atoms with Crippen LogP contribution in [0.3, 0.4) is 0 Å². The van der Waals surface area contributed by atoms with Gasteiger partial charge in [0, 0.05) is 16.9 Å². The Morgan fingerprint density at radius 2 is 2.00 bits per heavy atom. The van der Waals surface area contributed by atoms with E-state index in [1.54, 1.807) is 10.7 Å². The highest BCUT2D eigenvalue weighted by atomic mass is 35.5. The number of carbonyl (C=O) groups is 2. The lowest BCUT2D eigenvalue weighted by atomic mass is 10.3. The highest BCUT2D eigenvalue weighted by Crippen LogP contribution is 2.19. The van der Waals surface area contributed by atoms with E-state index in [0.717, 1.165) is 17.5 Å². The zero-order chi connectivity index (χ0) is 20.3. The number of ether oxygens (including phenoxy) is 1. The molecule has 0 aliphatic carbocycles. The van der Waals surface area contributed by atoms with Crippen LogP contribution in [0.5, 0.6) is 0 Å². The van der Waals surface area contributed by atoms with Gasteiger partial charge < -0.3 is 10.1 Å². The van der Waals surface area contributed by atoms with Gasteiger partial charge in [0.05, 0.1) is 16.9 Å². The molecule has 3 rings (SSSR count). The van der Waals surface area contributed by atoms with Crippen LogP contribution in [0.4, 0.5) is 10.1 Å². The van der Waals surface area contributed by atoms with Crippen LogP contribution in [0.25, 0.3) is 5.82 Å². The van der Waals surface area contributed by atoms with Crippen molar-refractivity contribution in [2.75, 3.05) is 11.9 Å². The minimum Gasteiger partial charge on any atom is -0.452 e. The fraction of sp³-hybridized carbons (Fsp3) is 0.158. The molecule has 0 aliphatic heterocycles. The first-order valence-corrected chi connectivity index (χ1v) is 8.63. The molecule has 28 heavy (non-hydrogen) atoms. The number of amides is 1. The fourth-order valence-corrected chi connectivity index (χ4v) is 2.66. The zero-order valence-corrected chi connectivity index (χ0v) is 15.8. The lowest BCUT2D eigenvalue weighted by molar-refractivity contribution is -0.119. The van der Waals surface area contributed by atoms with E-state index in [2.05, 4.69) is 15.4 Å². The molecule has 1 amide bonds. The molecule has 0 fully saturated rings. The van der Waals surface area contributed by atoms with Gasteiger partial charge in [-0.25, -0.2) is 18.9 Å².